The molecule has 4 rings (SSSR count). The number of carbonyl (C=O) groups is 1. The smallest absolute Gasteiger partial charge is 0.319 e. The number of nitrogens with one attached hydrogen (secondary N) is 2. The van der Waals surface area contributed by atoms with Gasteiger partial charge in [0.2, 0.25) is 0 Å². The van der Waals surface area contributed by atoms with Crippen LogP contribution in [0.5, 0.6) is 0 Å². The first-order valence-corrected chi connectivity index (χ1v) is 11.3. The number of fused-ring (bicyclic) bond motifs is 1. The number of nitrogens with zero attached hydrogens (tertiary/aromatic N) is 2. The van der Waals surface area contributed by atoms with E-state index in [-0.39, 0.29) is 11.7 Å². The van der Waals surface area contributed by atoms with Gasteiger partial charge in [0, 0.05) is 18.0 Å². The van der Waals surface area contributed by atoms with Crippen molar-refractivity contribution in [3.8, 4) is 0 Å². The summed E-state index contributed by atoms with van der Waals surface area (Å²) < 4.78 is 20.3. The predicted molar refractivity (Wildman–Crippen MR) is 118 cm³/mol. The molecule has 0 unspecified atom stereocenters. The number of thiophene rings is 1. The second-order valence-corrected chi connectivity index (χ2v) is 8.71. The van der Waals surface area contributed by atoms with Crippen molar-refractivity contribution in [2.24, 2.45) is 0 Å². The number of hydrogen-bond acceptors (Lipinski definition) is 5. The fraction of sp³-hybridized carbons (Fsp3) is 0.455. The number of halogens is 1. The van der Waals surface area contributed by atoms with Crippen LogP contribution < -0.4 is 10.6 Å². The summed E-state index contributed by atoms with van der Waals surface area (Å²) in [5, 5.41) is 11.8. The maximum Gasteiger partial charge on any atom is 0.319 e. The van der Waals surface area contributed by atoms with Crippen LogP contribution in [0, 0.1) is 12.7 Å². The highest BCUT2D eigenvalue weighted by Gasteiger charge is 2.26. The van der Waals surface area contributed by atoms with Crippen molar-refractivity contribution in [2.75, 3.05) is 31.5 Å². The van der Waals surface area contributed by atoms with E-state index in [4.69, 9.17) is 4.52 Å². The van der Waals surface area contributed by atoms with E-state index in [2.05, 4.69) is 33.0 Å². The molecular weight excluding hydrogens is 403 g/mol. The number of amides is 2. The van der Waals surface area contributed by atoms with Gasteiger partial charge in [-0.05, 0) is 69.8 Å². The van der Waals surface area contributed by atoms with Crippen LogP contribution >= 0.6 is 11.3 Å². The number of likely N-dealkylation sites (tertiary alicyclic amines) is 1. The van der Waals surface area contributed by atoms with Gasteiger partial charge in [0.05, 0.1) is 10.4 Å². The van der Waals surface area contributed by atoms with Crippen LogP contribution in [0.3, 0.4) is 0 Å². The standard InChI is InChI=1S/C22H27FN4O2S/c1-15-14-30-21-19(26-29-20(15)21)16-8-12-27(13-9-16)11-5-4-10-24-22(28)25-18-7-3-2-6-17(18)23/h2-3,6-7,14,16H,4-5,8-13H2,1H3,(H2,24,25,28). The first kappa shape index (κ1) is 20.8. The zero-order chi connectivity index (χ0) is 20.9. The number of unbranched alkanes of at least 4 members (excludes halogenated alkanes) is 1. The Morgan fingerprint density at radius 2 is 2.10 bits per heavy atom. The van der Waals surface area contributed by atoms with Gasteiger partial charge in [-0.1, -0.05) is 17.3 Å². The molecule has 0 radical (unpaired) electrons. The molecule has 0 saturated carbocycles. The number of carbonyl (C=O) groups excluding carboxylic acids is 1. The summed E-state index contributed by atoms with van der Waals surface area (Å²) in [4.78, 5) is 14.3. The van der Waals surface area contributed by atoms with Gasteiger partial charge in [0.25, 0.3) is 0 Å². The zero-order valence-electron chi connectivity index (χ0n) is 17.1. The first-order chi connectivity index (χ1) is 14.6. The van der Waals surface area contributed by atoms with Gasteiger partial charge >= 0.3 is 6.03 Å². The van der Waals surface area contributed by atoms with Gasteiger partial charge in [-0.3, -0.25) is 0 Å². The summed E-state index contributed by atoms with van der Waals surface area (Å²) in [7, 11) is 0. The average Bonchev–Trinajstić information content (AvgIpc) is 3.33. The van der Waals surface area contributed by atoms with E-state index in [1.165, 1.54) is 16.3 Å². The molecule has 1 saturated heterocycles. The Labute approximate surface area is 179 Å². The molecule has 2 amide bonds. The maximum atomic E-state index is 13.5. The molecule has 6 nitrogen and oxygen atoms in total. The Kier molecular flexibility index (Phi) is 6.64. The quantitative estimate of drug-likeness (QED) is 0.511. The Morgan fingerprint density at radius 1 is 1.30 bits per heavy atom. The molecule has 0 spiro atoms. The highest BCUT2D eigenvalue weighted by Crippen LogP contribution is 2.36. The van der Waals surface area contributed by atoms with E-state index in [0.717, 1.165) is 56.6 Å². The summed E-state index contributed by atoms with van der Waals surface area (Å²) in [6.07, 6.45) is 4.11. The van der Waals surface area contributed by atoms with Crippen molar-refractivity contribution in [1.82, 2.24) is 15.4 Å². The Hall–Kier alpha value is -2.45. The minimum atomic E-state index is -0.434. The molecule has 1 aliphatic rings. The maximum absolute atomic E-state index is 13.5. The molecule has 2 aromatic heterocycles. The normalized spacial score (nSPS) is 15.5. The van der Waals surface area contributed by atoms with E-state index < -0.39 is 5.82 Å². The summed E-state index contributed by atoms with van der Waals surface area (Å²) >= 11 is 1.73. The number of anilines is 1. The molecular formula is C22H27FN4O2S. The first-order valence-electron chi connectivity index (χ1n) is 10.5. The van der Waals surface area contributed by atoms with E-state index in [1.807, 2.05) is 0 Å². The zero-order valence-corrected chi connectivity index (χ0v) is 17.9. The molecule has 3 aromatic rings. The van der Waals surface area contributed by atoms with Crippen LogP contribution in [-0.4, -0.2) is 42.3 Å². The third-order valence-corrected chi connectivity index (χ3v) is 6.77. The van der Waals surface area contributed by atoms with Gasteiger partial charge in [-0.25, -0.2) is 9.18 Å². The van der Waals surface area contributed by atoms with E-state index >= 15 is 0 Å². The summed E-state index contributed by atoms with van der Waals surface area (Å²) in [5.74, 6) is 0.0425. The lowest BCUT2D eigenvalue weighted by molar-refractivity contribution is 0.205. The Morgan fingerprint density at radius 3 is 2.90 bits per heavy atom. The fourth-order valence-corrected chi connectivity index (χ4v) is 4.97. The van der Waals surface area contributed by atoms with Gasteiger partial charge in [-0.15, -0.1) is 11.3 Å². The van der Waals surface area contributed by atoms with Crippen LogP contribution in [0.15, 0.2) is 34.2 Å². The van der Waals surface area contributed by atoms with Gasteiger partial charge in [0.1, 0.15) is 11.5 Å². The molecule has 1 aliphatic heterocycles. The highest BCUT2D eigenvalue weighted by molar-refractivity contribution is 7.17. The molecule has 30 heavy (non-hydrogen) atoms. The lowest BCUT2D eigenvalue weighted by Gasteiger charge is -2.31. The van der Waals surface area contributed by atoms with Crippen molar-refractivity contribution in [1.29, 1.82) is 0 Å². The van der Waals surface area contributed by atoms with Gasteiger partial charge < -0.3 is 20.1 Å². The van der Waals surface area contributed by atoms with Gasteiger partial charge in [0.15, 0.2) is 5.58 Å². The summed E-state index contributed by atoms with van der Waals surface area (Å²) in [5.41, 5.74) is 3.44. The van der Waals surface area contributed by atoms with Crippen LogP contribution in [0.1, 0.15) is 42.9 Å². The Balaban J connectivity index is 1.13. The van der Waals surface area contributed by atoms with Crippen molar-refractivity contribution < 1.29 is 13.7 Å². The number of aryl methyl sites for hydroxylation is 1. The Bertz CT molecular complexity index is 994. The largest absolute Gasteiger partial charge is 0.355 e. The number of para-hydroxylation sites is 1. The summed E-state index contributed by atoms with van der Waals surface area (Å²) in [6, 6.07) is 5.78. The average molecular weight is 431 g/mol. The molecule has 2 N–H and O–H groups in total. The third-order valence-electron chi connectivity index (χ3n) is 5.67. The number of urea groups is 1. The number of rotatable bonds is 7. The fourth-order valence-electron chi connectivity index (χ4n) is 3.94. The number of hydrogen-bond donors (Lipinski definition) is 2. The number of benzene rings is 1. The van der Waals surface area contributed by atoms with Gasteiger partial charge in [-0.2, -0.15) is 0 Å². The monoisotopic (exact) mass is 430 g/mol. The molecule has 3 heterocycles. The topological polar surface area (TPSA) is 70.4 Å². The number of aromatic nitrogens is 1. The highest BCUT2D eigenvalue weighted by atomic mass is 32.1. The molecule has 0 bridgehead atoms. The second-order valence-electron chi connectivity index (χ2n) is 7.83. The second kappa shape index (κ2) is 9.57. The van der Waals surface area contributed by atoms with Crippen molar-refractivity contribution in [3.05, 3.63) is 46.7 Å². The minimum absolute atomic E-state index is 0.194. The minimum Gasteiger partial charge on any atom is -0.355 e. The lowest BCUT2D eigenvalue weighted by Crippen LogP contribution is -2.34. The van der Waals surface area contributed by atoms with Crippen LogP contribution in [0.25, 0.3) is 10.3 Å². The van der Waals surface area contributed by atoms with Crippen molar-refractivity contribution in [2.45, 2.75) is 38.5 Å². The van der Waals surface area contributed by atoms with Crippen LogP contribution in [0.4, 0.5) is 14.9 Å². The SMILES string of the molecule is Cc1csc2c(C3CCN(CCCCNC(=O)Nc4ccccc4F)CC3)noc12. The molecule has 160 valence electrons. The van der Waals surface area contributed by atoms with E-state index in [0.29, 0.717) is 12.5 Å². The molecule has 0 aliphatic carbocycles. The third kappa shape index (κ3) is 4.82. The molecule has 0 atom stereocenters. The number of piperidine rings is 1. The summed E-state index contributed by atoms with van der Waals surface area (Å²) in [6.45, 7) is 5.78. The van der Waals surface area contributed by atoms with Crippen LogP contribution in [-0.2, 0) is 0 Å². The van der Waals surface area contributed by atoms with E-state index in [1.54, 1.807) is 29.5 Å². The van der Waals surface area contributed by atoms with Crippen LogP contribution in [0.2, 0.25) is 0 Å². The van der Waals surface area contributed by atoms with E-state index in [9.17, 15) is 9.18 Å². The van der Waals surface area contributed by atoms with Crippen molar-refractivity contribution in [3.63, 3.8) is 0 Å². The van der Waals surface area contributed by atoms with Crippen molar-refractivity contribution >= 4 is 33.3 Å². The predicted octanol–water partition coefficient (Wildman–Crippen LogP) is 5.12. The molecule has 8 heteroatoms. The molecule has 1 aromatic carbocycles. The molecule has 1 fully saturated rings. The lowest BCUT2D eigenvalue weighted by atomic mass is 9.93.